The van der Waals surface area contributed by atoms with Crippen molar-refractivity contribution in [3.63, 3.8) is 0 Å². The average molecular weight is 235 g/mol. The van der Waals surface area contributed by atoms with Gasteiger partial charge >= 0.3 is 0 Å². The maximum absolute atomic E-state index is 11.7. The van der Waals surface area contributed by atoms with Crippen LogP contribution < -0.4 is 0 Å². The Morgan fingerprint density at radius 2 is 2.20 bits per heavy atom. The zero-order chi connectivity index (χ0) is 11.3. The van der Waals surface area contributed by atoms with Crippen LogP contribution >= 0.6 is 0 Å². The zero-order valence-corrected chi connectivity index (χ0v) is 9.75. The van der Waals surface area contributed by atoms with Crippen LogP contribution in [0.15, 0.2) is 0 Å². The van der Waals surface area contributed by atoms with Crippen molar-refractivity contribution in [2.75, 3.05) is 32.6 Å². The second-order valence-electron chi connectivity index (χ2n) is 3.64. The first kappa shape index (κ1) is 12.6. The predicted molar refractivity (Wildman–Crippen MR) is 56.1 cm³/mol. The lowest BCUT2D eigenvalue weighted by Crippen LogP contribution is -2.41. The SMILES string of the molecule is COCCCS(=O)(=O)N1CCCC(=O)C1. The highest BCUT2D eigenvalue weighted by Gasteiger charge is 2.26. The molecular weight excluding hydrogens is 218 g/mol. The molecule has 0 radical (unpaired) electrons. The maximum Gasteiger partial charge on any atom is 0.214 e. The second-order valence-corrected chi connectivity index (χ2v) is 5.73. The molecule has 0 aromatic rings. The van der Waals surface area contributed by atoms with Crippen LogP contribution in [0.3, 0.4) is 0 Å². The number of piperidine rings is 1. The number of hydrogen-bond acceptors (Lipinski definition) is 4. The Kier molecular flexibility index (Phi) is 4.69. The van der Waals surface area contributed by atoms with Crippen molar-refractivity contribution in [3.05, 3.63) is 0 Å². The number of methoxy groups -OCH3 is 1. The van der Waals surface area contributed by atoms with E-state index in [1.54, 1.807) is 0 Å². The molecule has 1 heterocycles. The quantitative estimate of drug-likeness (QED) is 0.630. The summed E-state index contributed by atoms with van der Waals surface area (Å²) in [6, 6.07) is 0. The van der Waals surface area contributed by atoms with E-state index in [1.165, 1.54) is 11.4 Å². The molecule has 6 heteroatoms. The normalized spacial score (nSPS) is 19.4. The second kappa shape index (κ2) is 5.58. The lowest BCUT2D eigenvalue weighted by atomic mass is 10.1. The predicted octanol–water partition coefficient (Wildman–Crippen LogP) is 0.0176. The van der Waals surface area contributed by atoms with Gasteiger partial charge in [0.15, 0.2) is 0 Å². The largest absolute Gasteiger partial charge is 0.385 e. The van der Waals surface area contributed by atoms with Crippen molar-refractivity contribution < 1.29 is 17.9 Å². The summed E-state index contributed by atoms with van der Waals surface area (Å²) in [5, 5.41) is 0. The van der Waals surface area contributed by atoms with Gasteiger partial charge in [-0.15, -0.1) is 0 Å². The summed E-state index contributed by atoms with van der Waals surface area (Å²) < 4.78 is 29.5. The molecule has 0 atom stereocenters. The van der Waals surface area contributed by atoms with Gasteiger partial charge in [0.2, 0.25) is 10.0 Å². The van der Waals surface area contributed by atoms with E-state index in [9.17, 15) is 13.2 Å². The van der Waals surface area contributed by atoms with Crippen molar-refractivity contribution in [1.29, 1.82) is 0 Å². The van der Waals surface area contributed by atoms with Crippen molar-refractivity contribution >= 4 is 15.8 Å². The third-order valence-electron chi connectivity index (χ3n) is 2.36. The van der Waals surface area contributed by atoms with Crippen LogP contribution in [-0.2, 0) is 19.6 Å². The number of sulfonamides is 1. The molecule has 1 fully saturated rings. The topological polar surface area (TPSA) is 63.7 Å². The number of carbonyl (C=O) groups excluding carboxylic acids is 1. The van der Waals surface area contributed by atoms with Crippen molar-refractivity contribution in [3.8, 4) is 0 Å². The molecule has 5 nitrogen and oxygen atoms in total. The summed E-state index contributed by atoms with van der Waals surface area (Å²) in [6.45, 7) is 0.956. The smallest absolute Gasteiger partial charge is 0.214 e. The summed E-state index contributed by atoms with van der Waals surface area (Å²) in [4.78, 5) is 11.1. The van der Waals surface area contributed by atoms with Crippen LogP contribution in [0.4, 0.5) is 0 Å². The van der Waals surface area contributed by atoms with Gasteiger partial charge in [-0.3, -0.25) is 4.79 Å². The van der Waals surface area contributed by atoms with Crippen LogP contribution in [-0.4, -0.2) is 51.1 Å². The fourth-order valence-electron chi connectivity index (χ4n) is 1.56. The first-order valence-electron chi connectivity index (χ1n) is 5.05. The number of hydrogen-bond donors (Lipinski definition) is 0. The Balaban J connectivity index is 2.49. The number of Topliss-reactive ketones (excluding diaryl/α,β-unsaturated/α-hetero) is 1. The fraction of sp³-hybridized carbons (Fsp3) is 0.889. The van der Waals surface area contributed by atoms with E-state index in [4.69, 9.17) is 4.74 Å². The Morgan fingerprint density at radius 1 is 1.47 bits per heavy atom. The Morgan fingerprint density at radius 3 is 2.80 bits per heavy atom. The lowest BCUT2D eigenvalue weighted by molar-refractivity contribution is -0.120. The van der Waals surface area contributed by atoms with E-state index in [-0.39, 0.29) is 18.1 Å². The highest BCUT2D eigenvalue weighted by atomic mass is 32.2. The highest BCUT2D eigenvalue weighted by molar-refractivity contribution is 7.89. The standard InChI is InChI=1S/C9H17NO4S/c1-14-6-3-7-15(12,13)10-5-2-4-9(11)8-10/h2-8H2,1H3. The summed E-state index contributed by atoms with van der Waals surface area (Å²) >= 11 is 0. The van der Waals surface area contributed by atoms with Crippen LogP contribution in [0.2, 0.25) is 0 Å². The van der Waals surface area contributed by atoms with Gasteiger partial charge in [-0.25, -0.2) is 8.42 Å². The van der Waals surface area contributed by atoms with Gasteiger partial charge in [-0.1, -0.05) is 0 Å². The average Bonchev–Trinajstić information content (AvgIpc) is 2.18. The minimum absolute atomic E-state index is 0.0107. The molecule has 1 rings (SSSR count). The van der Waals surface area contributed by atoms with E-state index in [1.807, 2.05) is 0 Å². The van der Waals surface area contributed by atoms with Crippen LogP contribution in [0.5, 0.6) is 0 Å². The molecule has 0 spiro atoms. The molecule has 1 saturated heterocycles. The molecule has 1 aliphatic heterocycles. The molecule has 0 aromatic heterocycles. The van der Waals surface area contributed by atoms with Gasteiger partial charge in [0.25, 0.3) is 0 Å². The van der Waals surface area contributed by atoms with Gasteiger partial charge in [0.05, 0.1) is 12.3 Å². The third-order valence-corrected chi connectivity index (χ3v) is 4.26. The maximum atomic E-state index is 11.7. The molecule has 0 unspecified atom stereocenters. The molecule has 0 bridgehead atoms. The molecule has 88 valence electrons. The lowest BCUT2D eigenvalue weighted by Gasteiger charge is -2.24. The first-order valence-corrected chi connectivity index (χ1v) is 6.65. The van der Waals surface area contributed by atoms with Gasteiger partial charge in [0, 0.05) is 26.7 Å². The fourth-order valence-corrected chi connectivity index (χ4v) is 3.05. The number of carbonyl (C=O) groups is 1. The van der Waals surface area contributed by atoms with Crippen molar-refractivity contribution in [2.45, 2.75) is 19.3 Å². The molecule has 0 saturated carbocycles. The van der Waals surface area contributed by atoms with E-state index < -0.39 is 10.0 Å². The summed E-state index contributed by atoms with van der Waals surface area (Å²) in [6.07, 6.45) is 1.62. The van der Waals surface area contributed by atoms with Gasteiger partial charge in [0.1, 0.15) is 5.78 Å². The van der Waals surface area contributed by atoms with Gasteiger partial charge < -0.3 is 4.74 Å². The molecular formula is C9H17NO4S. The van der Waals surface area contributed by atoms with E-state index in [0.717, 1.165) is 0 Å². The number of ether oxygens (including phenoxy) is 1. The van der Waals surface area contributed by atoms with Crippen LogP contribution in [0.25, 0.3) is 0 Å². The summed E-state index contributed by atoms with van der Waals surface area (Å²) in [5.41, 5.74) is 0. The first-order chi connectivity index (χ1) is 7.06. The van der Waals surface area contributed by atoms with E-state index in [2.05, 4.69) is 0 Å². The Bertz CT molecular complexity index is 312. The zero-order valence-electron chi connectivity index (χ0n) is 8.94. The molecule has 0 aromatic carbocycles. The highest BCUT2D eigenvalue weighted by Crippen LogP contribution is 2.11. The van der Waals surface area contributed by atoms with Gasteiger partial charge in [-0.2, -0.15) is 4.31 Å². The number of rotatable bonds is 5. The minimum atomic E-state index is -3.26. The molecule has 0 aliphatic carbocycles. The molecule has 0 N–H and O–H groups in total. The molecule has 0 amide bonds. The monoisotopic (exact) mass is 235 g/mol. The van der Waals surface area contributed by atoms with Gasteiger partial charge in [-0.05, 0) is 12.8 Å². The number of nitrogens with zero attached hydrogens (tertiary/aromatic N) is 1. The Labute approximate surface area is 90.4 Å². The van der Waals surface area contributed by atoms with Crippen LogP contribution in [0.1, 0.15) is 19.3 Å². The van der Waals surface area contributed by atoms with Crippen molar-refractivity contribution in [2.24, 2.45) is 0 Å². The minimum Gasteiger partial charge on any atom is -0.385 e. The summed E-state index contributed by atoms with van der Waals surface area (Å²) in [5.74, 6) is 0.0743. The molecule has 15 heavy (non-hydrogen) atoms. The molecule has 1 aliphatic rings. The van der Waals surface area contributed by atoms with Crippen LogP contribution in [0, 0.1) is 0 Å². The third kappa shape index (κ3) is 3.89. The van der Waals surface area contributed by atoms with Crippen molar-refractivity contribution in [1.82, 2.24) is 4.31 Å². The Hall–Kier alpha value is -0.460. The number of ketones is 1. The van der Waals surface area contributed by atoms with E-state index >= 15 is 0 Å². The van der Waals surface area contributed by atoms with E-state index in [0.29, 0.717) is 32.4 Å². The summed E-state index contributed by atoms with van der Waals surface area (Å²) in [7, 11) is -1.72.